The average Bonchev–Trinajstić information content (AvgIpc) is 2.90. The van der Waals surface area contributed by atoms with Gasteiger partial charge in [0.1, 0.15) is 0 Å². The first kappa shape index (κ1) is 15.3. The molecule has 19 heavy (non-hydrogen) atoms. The van der Waals surface area contributed by atoms with Crippen LogP contribution in [0.4, 0.5) is 0 Å². The van der Waals surface area contributed by atoms with Gasteiger partial charge in [-0.15, -0.1) is 0 Å². The van der Waals surface area contributed by atoms with Crippen molar-refractivity contribution in [1.29, 1.82) is 0 Å². The van der Waals surface area contributed by atoms with Crippen molar-refractivity contribution in [2.45, 2.75) is 70.4 Å². The highest BCUT2D eigenvalue weighted by Gasteiger charge is 2.19. The lowest BCUT2D eigenvalue weighted by molar-refractivity contribution is 0.132. The minimum atomic E-state index is -0.146. The van der Waals surface area contributed by atoms with Crippen LogP contribution in [0.5, 0.6) is 0 Å². The molecule has 1 saturated carbocycles. The summed E-state index contributed by atoms with van der Waals surface area (Å²) < 4.78 is 0. The lowest BCUT2D eigenvalue weighted by Gasteiger charge is -2.30. The summed E-state index contributed by atoms with van der Waals surface area (Å²) in [6, 6.07) is 0.497. The van der Waals surface area contributed by atoms with E-state index in [1.165, 1.54) is 58.0 Å². The number of rotatable bonds is 7. The first-order valence-corrected chi connectivity index (χ1v) is 8.38. The van der Waals surface area contributed by atoms with Crippen LogP contribution in [0.1, 0.15) is 58.3 Å². The fourth-order valence-electron chi connectivity index (χ4n) is 3.65. The van der Waals surface area contributed by atoms with E-state index in [0.29, 0.717) is 6.04 Å². The van der Waals surface area contributed by atoms with Gasteiger partial charge in [0.15, 0.2) is 0 Å². The zero-order valence-electron chi connectivity index (χ0n) is 12.6. The summed E-state index contributed by atoms with van der Waals surface area (Å²) in [6.45, 7) is 6.67. The third-order valence-electron chi connectivity index (χ3n) is 4.76. The van der Waals surface area contributed by atoms with Crippen molar-refractivity contribution in [2.24, 2.45) is 5.92 Å². The molecule has 0 radical (unpaired) electrons. The van der Waals surface area contributed by atoms with Crippen molar-refractivity contribution in [3.8, 4) is 0 Å². The average molecular weight is 268 g/mol. The van der Waals surface area contributed by atoms with E-state index in [-0.39, 0.29) is 6.10 Å². The van der Waals surface area contributed by atoms with E-state index >= 15 is 0 Å². The van der Waals surface area contributed by atoms with Crippen LogP contribution < -0.4 is 5.32 Å². The minimum Gasteiger partial charge on any atom is -0.392 e. The molecule has 2 fully saturated rings. The van der Waals surface area contributed by atoms with Crippen LogP contribution in [-0.4, -0.2) is 48.3 Å². The second-order valence-electron chi connectivity index (χ2n) is 6.71. The number of nitrogens with zero attached hydrogens (tertiary/aromatic N) is 1. The third-order valence-corrected chi connectivity index (χ3v) is 4.76. The Kier molecular flexibility index (Phi) is 6.62. The molecular weight excluding hydrogens is 236 g/mol. The van der Waals surface area contributed by atoms with Crippen molar-refractivity contribution in [3.63, 3.8) is 0 Å². The molecular formula is C16H32N2O. The van der Waals surface area contributed by atoms with E-state index in [4.69, 9.17) is 0 Å². The molecule has 1 saturated heterocycles. The minimum absolute atomic E-state index is 0.146. The maximum Gasteiger partial charge on any atom is 0.0667 e. The van der Waals surface area contributed by atoms with E-state index < -0.39 is 0 Å². The van der Waals surface area contributed by atoms with Gasteiger partial charge in [-0.25, -0.2) is 0 Å². The molecule has 0 aromatic rings. The SMILES string of the molecule is CC(CN1CCCCC1)NCC(O)CC1CCCC1. The van der Waals surface area contributed by atoms with E-state index in [1.54, 1.807) is 0 Å². The van der Waals surface area contributed by atoms with Gasteiger partial charge in [-0.1, -0.05) is 32.1 Å². The lowest BCUT2D eigenvalue weighted by atomic mass is 10.00. The van der Waals surface area contributed by atoms with Gasteiger partial charge in [0.05, 0.1) is 6.10 Å². The van der Waals surface area contributed by atoms with Crippen molar-refractivity contribution in [1.82, 2.24) is 10.2 Å². The van der Waals surface area contributed by atoms with E-state index in [2.05, 4.69) is 17.1 Å². The van der Waals surface area contributed by atoms with Crippen LogP contribution in [0, 0.1) is 5.92 Å². The van der Waals surface area contributed by atoms with Gasteiger partial charge in [-0.05, 0) is 45.2 Å². The van der Waals surface area contributed by atoms with E-state index in [0.717, 1.165) is 25.4 Å². The molecule has 0 bridgehead atoms. The van der Waals surface area contributed by atoms with Crippen LogP contribution in [0.25, 0.3) is 0 Å². The highest BCUT2D eigenvalue weighted by atomic mass is 16.3. The summed E-state index contributed by atoms with van der Waals surface area (Å²) in [6.07, 6.45) is 10.4. The molecule has 3 heteroatoms. The van der Waals surface area contributed by atoms with E-state index in [9.17, 15) is 5.11 Å². The summed E-state index contributed by atoms with van der Waals surface area (Å²) in [5.41, 5.74) is 0. The predicted molar refractivity (Wildman–Crippen MR) is 80.3 cm³/mol. The normalized spacial score (nSPS) is 25.6. The Morgan fingerprint density at radius 2 is 1.79 bits per heavy atom. The molecule has 2 N–H and O–H groups in total. The van der Waals surface area contributed by atoms with Gasteiger partial charge in [-0.3, -0.25) is 0 Å². The Morgan fingerprint density at radius 1 is 1.11 bits per heavy atom. The Bertz CT molecular complexity index is 235. The van der Waals surface area contributed by atoms with Crippen LogP contribution >= 0.6 is 0 Å². The van der Waals surface area contributed by atoms with Crippen molar-refractivity contribution < 1.29 is 5.11 Å². The number of likely N-dealkylation sites (tertiary alicyclic amines) is 1. The number of nitrogens with one attached hydrogen (secondary N) is 1. The highest BCUT2D eigenvalue weighted by Crippen LogP contribution is 2.28. The number of piperidine rings is 1. The number of aliphatic hydroxyl groups is 1. The van der Waals surface area contributed by atoms with Crippen LogP contribution in [-0.2, 0) is 0 Å². The standard InChI is InChI=1S/C16H32N2O/c1-14(13-18-9-5-2-6-10-18)17-12-16(19)11-15-7-3-4-8-15/h14-17,19H,2-13H2,1H3. The summed E-state index contributed by atoms with van der Waals surface area (Å²) in [5.74, 6) is 0.786. The summed E-state index contributed by atoms with van der Waals surface area (Å²) in [7, 11) is 0. The van der Waals surface area contributed by atoms with Gasteiger partial charge < -0.3 is 15.3 Å². The molecule has 0 aromatic carbocycles. The summed E-state index contributed by atoms with van der Waals surface area (Å²) >= 11 is 0. The first-order valence-electron chi connectivity index (χ1n) is 8.38. The third kappa shape index (κ3) is 5.80. The molecule has 1 aliphatic carbocycles. The van der Waals surface area contributed by atoms with Crippen molar-refractivity contribution in [3.05, 3.63) is 0 Å². The van der Waals surface area contributed by atoms with Crippen LogP contribution in [0.15, 0.2) is 0 Å². The van der Waals surface area contributed by atoms with Gasteiger partial charge in [-0.2, -0.15) is 0 Å². The Hall–Kier alpha value is -0.120. The van der Waals surface area contributed by atoms with Gasteiger partial charge in [0, 0.05) is 19.1 Å². The molecule has 2 atom stereocenters. The topological polar surface area (TPSA) is 35.5 Å². The zero-order chi connectivity index (χ0) is 13.5. The molecule has 3 nitrogen and oxygen atoms in total. The second-order valence-corrected chi connectivity index (χ2v) is 6.71. The lowest BCUT2D eigenvalue weighted by Crippen LogP contribution is -2.43. The zero-order valence-corrected chi connectivity index (χ0v) is 12.6. The largest absolute Gasteiger partial charge is 0.392 e. The van der Waals surface area contributed by atoms with Crippen molar-refractivity contribution in [2.75, 3.05) is 26.2 Å². The molecule has 2 aliphatic rings. The predicted octanol–water partition coefficient (Wildman–Crippen LogP) is 2.39. The van der Waals surface area contributed by atoms with Crippen molar-refractivity contribution >= 4 is 0 Å². The fraction of sp³-hybridized carbons (Fsp3) is 1.00. The molecule has 0 amide bonds. The number of hydrogen-bond acceptors (Lipinski definition) is 3. The van der Waals surface area contributed by atoms with Gasteiger partial charge >= 0.3 is 0 Å². The summed E-state index contributed by atoms with van der Waals surface area (Å²) in [5, 5.41) is 13.6. The fourth-order valence-corrected chi connectivity index (χ4v) is 3.65. The quantitative estimate of drug-likeness (QED) is 0.744. The van der Waals surface area contributed by atoms with Crippen LogP contribution in [0.3, 0.4) is 0 Å². The Morgan fingerprint density at radius 3 is 2.47 bits per heavy atom. The monoisotopic (exact) mass is 268 g/mol. The highest BCUT2D eigenvalue weighted by molar-refractivity contribution is 4.75. The molecule has 112 valence electrons. The van der Waals surface area contributed by atoms with E-state index in [1.807, 2.05) is 0 Å². The molecule has 1 aliphatic heterocycles. The molecule has 2 rings (SSSR count). The number of hydrogen-bond donors (Lipinski definition) is 2. The first-order chi connectivity index (χ1) is 9.24. The number of aliphatic hydroxyl groups excluding tert-OH is 1. The molecule has 0 spiro atoms. The maximum absolute atomic E-state index is 10.1. The second kappa shape index (κ2) is 8.23. The van der Waals surface area contributed by atoms with Gasteiger partial charge in [0.2, 0.25) is 0 Å². The van der Waals surface area contributed by atoms with Crippen LogP contribution in [0.2, 0.25) is 0 Å². The Labute approximate surface area is 118 Å². The smallest absolute Gasteiger partial charge is 0.0667 e. The molecule has 2 unspecified atom stereocenters. The molecule has 0 aromatic heterocycles. The summed E-state index contributed by atoms with van der Waals surface area (Å²) in [4.78, 5) is 2.56. The van der Waals surface area contributed by atoms with Gasteiger partial charge in [0.25, 0.3) is 0 Å². The molecule has 1 heterocycles. The Balaban J connectivity index is 1.55. The maximum atomic E-state index is 10.1.